The highest BCUT2D eigenvalue weighted by atomic mass is 35.5. The van der Waals surface area contributed by atoms with Gasteiger partial charge in [0.2, 0.25) is 11.8 Å². The number of amides is 2. The van der Waals surface area contributed by atoms with Crippen LogP contribution in [-0.2, 0) is 26.2 Å². The lowest BCUT2D eigenvalue weighted by atomic mass is 10.1. The molecule has 0 radical (unpaired) electrons. The van der Waals surface area contributed by atoms with Crippen LogP contribution < -0.4 is 14.4 Å². The van der Waals surface area contributed by atoms with Crippen molar-refractivity contribution >= 4 is 50.7 Å². The summed E-state index contributed by atoms with van der Waals surface area (Å²) in [4.78, 5) is 28.1. The zero-order valence-corrected chi connectivity index (χ0v) is 24.5. The molecule has 0 saturated carbocycles. The molecule has 0 unspecified atom stereocenters. The van der Waals surface area contributed by atoms with Crippen LogP contribution in [0, 0.1) is 6.92 Å². The number of nitrogens with one attached hydrogen (secondary N) is 1. The molecule has 0 spiro atoms. The first-order valence-corrected chi connectivity index (χ1v) is 14.4. The molecule has 0 saturated heterocycles. The molecule has 8 nitrogen and oxygen atoms in total. The number of carbonyl (C=O) groups is 2. The van der Waals surface area contributed by atoms with Crippen molar-refractivity contribution < 1.29 is 22.7 Å². The number of nitrogens with zero attached hydrogens (tertiary/aromatic N) is 2. The van der Waals surface area contributed by atoms with E-state index in [9.17, 15) is 18.0 Å². The number of sulfonamides is 1. The van der Waals surface area contributed by atoms with Gasteiger partial charge >= 0.3 is 0 Å². The van der Waals surface area contributed by atoms with Crippen LogP contribution >= 0.6 is 23.2 Å². The van der Waals surface area contributed by atoms with Gasteiger partial charge in [-0.2, -0.15) is 0 Å². The number of benzene rings is 3. The molecule has 1 N–H and O–H groups in total. The number of likely N-dealkylation sites (N-methyl/N-ethyl adjacent to an activating group) is 1. The van der Waals surface area contributed by atoms with Gasteiger partial charge in [-0.15, -0.1) is 0 Å². The van der Waals surface area contributed by atoms with E-state index in [0.717, 1.165) is 9.87 Å². The maximum absolute atomic E-state index is 13.9. The van der Waals surface area contributed by atoms with Crippen molar-refractivity contribution in [3.8, 4) is 5.75 Å². The van der Waals surface area contributed by atoms with Gasteiger partial charge in [-0.3, -0.25) is 13.9 Å². The molecule has 2 amide bonds. The Labute approximate surface area is 239 Å². The topological polar surface area (TPSA) is 96.0 Å². The van der Waals surface area contributed by atoms with Crippen molar-refractivity contribution in [2.24, 2.45) is 0 Å². The van der Waals surface area contributed by atoms with Gasteiger partial charge in [-0.05, 0) is 68.3 Å². The Hall–Kier alpha value is -3.27. The average molecular weight is 593 g/mol. The Morgan fingerprint density at radius 2 is 1.69 bits per heavy atom. The summed E-state index contributed by atoms with van der Waals surface area (Å²) in [6.45, 7) is 4.96. The third kappa shape index (κ3) is 7.23. The first-order valence-electron chi connectivity index (χ1n) is 12.2. The van der Waals surface area contributed by atoms with E-state index in [-0.39, 0.29) is 28.8 Å². The maximum atomic E-state index is 13.9. The summed E-state index contributed by atoms with van der Waals surface area (Å²) < 4.78 is 34.3. The van der Waals surface area contributed by atoms with Gasteiger partial charge in [0.1, 0.15) is 18.3 Å². The summed E-state index contributed by atoms with van der Waals surface area (Å²) in [5.41, 5.74) is 1.60. The standard InChI is InChI=1S/C28H31Cl2N3O5S/c1-5-31-28(35)20(3)32(17-21-12-13-23(29)24(30)16-21)27(34)18-33(25-15-19(2)11-14-26(25)38-4)39(36,37)22-9-7-6-8-10-22/h6-16,20H,5,17-18H2,1-4H3,(H,31,35)/t20-/m1/s1. The third-order valence-electron chi connectivity index (χ3n) is 6.07. The van der Waals surface area contributed by atoms with Crippen molar-refractivity contribution in [3.63, 3.8) is 0 Å². The van der Waals surface area contributed by atoms with Gasteiger partial charge in [0.25, 0.3) is 10.0 Å². The van der Waals surface area contributed by atoms with E-state index in [2.05, 4.69) is 5.32 Å². The Balaban J connectivity index is 2.10. The van der Waals surface area contributed by atoms with Gasteiger partial charge in [0.05, 0.1) is 27.7 Å². The average Bonchev–Trinajstić information content (AvgIpc) is 2.92. The van der Waals surface area contributed by atoms with E-state index in [4.69, 9.17) is 27.9 Å². The van der Waals surface area contributed by atoms with Gasteiger partial charge in [0.15, 0.2) is 0 Å². The zero-order valence-electron chi connectivity index (χ0n) is 22.1. The molecule has 0 aliphatic rings. The summed E-state index contributed by atoms with van der Waals surface area (Å²) in [5, 5.41) is 3.37. The van der Waals surface area contributed by atoms with Crippen LogP contribution in [0.4, 0.5) is 5.69 Å². The summed E-state index contributed by atoms with van der Waals surface area (Å²) in [7, 11) is -2.78. The number of ether oxygens (including phenoxy) is 1. The lowest BCUT2D eigenvalue weighted by Gasteiger charge is -2.32. The molecule has 0 bridgehead atoms. The molecule has 0 heterocycles. The molecular formula is C28H31Cl2N3O5S. The highest BCUT2D eigenvalue weighted by molar-refractivity contribution is 7.92. The van der Waals surface area contributed by atoms with E-state index in [1.807, 2.05) is 6.92 Å². The van der Waals surface area contributed by atoms with Crippen LogP contribution in [0.1, 0.15) is 25.0 Å². The first kappa shape index (κ1) is 30.3. The fourth-order valence-corrected chi connectivity index (χ4v) is 5.73. The number of halogens is 2. The van der Waals surface area contributed by atoms with Gasteiger partial charge in [-0.1, -0.05) is 53.5 Å². The predicted octanol–water partition coefficient (Wildman–Crippen LogP) is 5.06. The maximum Gasteiger partial charge on any atom is 0.264 e. The zero-order chi connectivity index (χ0) is 28.7. The van der Waals surface area contributed by atoms with Crippen LogP contribution in [0.3, 0.4) is 0 Å². The number of hydrogen-bond acceptors (Lipinski definition) is 5. The molecule has 0 aliphatic carbocycles. The molecule has 39 heavy (non-hydrogen) atoms. The minimum Gasteiger partial charge on any atom is -0.495 e. The molecular weight excluding hydrogens is 561 g/mol. The van der Waals surface area contributed by atoms with Crippen molar-refractivity contribution in [2.45, 2.75) is 38.3 Å². The lowest BCUT2D eigenvalue weighted by Crippen LogP contribution is -2.51. The van der Waals surface area contributed by atoms with Gasteiger partial charge in [0, 0.05) is 13.1 Å². The molecule has 1 atom stereocenters. The van der Waals surface area contributed by atoms with Crippen molar-refractivity contribution in [1.82, 2.24) is 10.2 Å². The molecule has 11 heteroatoms. The summed E-state index contributed by atoms with van der Waals surface area (Å²) >= 11 is 12.3. The molecule has 3 rings (SSSR count). The van der Waals surface area contributed by atoms with Gasteiger partial charge < -0.3 is 15.0 Å². The fourth-order valence-electron chi connectivity index (χ4n) is 3.97. The fraction of sp³-hybridized carbons (Fsp3) is 0.286. The highest BCUT2D eigenvalue weighted by Crippen LogP contribution is 2.34. The van der Waals surface area contributed by atoms with Crippen molar-refractivity contribution in [3.05, 3.63) is 87.9 Å². The van der Waals surface area contributed by atoms with Crippen LogP contribution in [0.25, 0.3) is 0 Å². The largest absolute Gasteiger partial charge is 0.495 e. The molecule has 208 valence electrons. The van der Waals surface area contributed by atoms with Crippen molar-refractivity contribution in [2.75, 3.05) is 24.5 Å². The predicted molar refractivity (Wildman–Crippen MR) is 154 cm³/mol. The summed E-state index contributed by atoms with van der Waals surface area (Å²) in [6, 6.07) is 16.9. The molecule has 0 fully saturated rings. The Morgan fingerprint density at radius 3 is 2.31 bits per heavy atom. The Kier molecular flexibility index (Phi) is 10.2. The van der Waals surface area contributed by atoms with Crippen molar-refractivity contribution in [1.29, 1.82) is 0 Å². The number of anilines is 1. The molecule has 0 aromatic heterocycles. The number of hydrogen-bond donors (Lipinski definition) is 1. The second-order valence-electron chi connectivity index (χ2n) is 8.84. The monoisotopic (exact) mass is 591 g/mol. The number of methoxy groups -OCH3 is 1. The van der Waals surface area contributed by atoms with E-state index in [0.29, 0.717) is 22.2 Å². The van der Waals surface area contributed by atoms with Crippen LogP contribution in [-0.4, -0.2) is 51.4 Å². The third-order valence-corrected chi connectivity index (χ3v) is 8.58. The highest BCUT2D eigenvalue weighted by Gasteiger charge is 2.33. The van der Waals surface area contributed by atoms with Crippen LogP contribution in [0.2, 0.25) is 10.0 Å². The van der Waals surface area contributed by atoms with E-state index >= 15 is 0 Å². The SMILES string of the molecule is CCNC(=O)[C@@H](C)N(Cc1ccc(Cl)c(Cl)c1)C(=O)CN(c1cc(C)ccc1OC)S(=O)(=O)c1ccccc1. The van der Waals surface area contributed by atoms with Crippen LogP contribution in [0.15, 0.2) is 71.6 Å². The number of carbonyl (C=O) groups excluding carboxylic acids is 2. The van der Waals surface area contributed by atoms with Gasteiger partial charge in [-0.25, -0.2) is 8.42 Å². The number of aryl methyl sites for hydroxylation is 1. The second kappa shape index (κ2) is 13.2. The van der Waals surface area contributed by atoms with E-state index in [1.165, 1.54) is 24.1 Å². The quantitative estimate of drug-likeness (QED) is 0.336. The smallest absolute Gasteiger partial charge is 0.264 e. The first-order chi connectivity index (χ1) is 18.5. The number of rotatable bonds is 11. The summed E-state index contributed by atoms with van der Waals surface area (Å²) in [6.07, 6.45) is 0. The second-order valence-corrected chi connectivity index (χ2v) is 11.5. The van der Waals surface area contributed by atoms with E-state index < -0.39 is 28.5 Å². The van der Waals surface area contributed by atoms with Crippen LogP contribution in [0.5, 0.6) is 5.75 Å². The summed E-state index contributed by atoms with van der Waals surface area (Å²) in [5.74, 6) is -0.694. The Morgan fingerprint density at radius 1 is 1.00 bits per heavy atom. The molecule has 3 aromatic carbocycles. The molecule has 0 aliphatic heterocycles. The van der Waals surface area contributed by atoms with E-state index in [1.54, 1.807) is 68.4 Å². The minimum atomic E-state index is -4.21. The minimum absolute atomic E-state index is 0.00179. The Bertz CT molecular complexity index is 1430. The lowest BCUT2D eigenvalue weighted by molar-refractivity contribution is -0.139. The molecule has 3 aromatic rings. The normalized spacial score (nSPS) is 11.9.